The largest absolute Gasteiger partial charge is 0.370 e. The highest BCUT2D eigenvalue weighted by molar-refractivity contribution is 7.90. The SMILES string of the molecule is CS(=O)(=O)c1cccc(CC(=O)NCC2(Cc3ccc(F)c(F)c3)CNCCO2)c1. The van der Waals surface area contributed by atoms with Crippen LogP contribution < -0.4 is 10.6 Å². The van der Waals surface area contributed by atoms with Crippen molar-refractivity contribution in [1.29, 1.82) is 0 Å². The van der Waals surface area contributed by atoms with Gasteiger partial charge in [-0.25, -0.2) is 17.2 Å². The van der Waals surface area contributed by atoms with Crippen LogP contribution in [0.2, 0.25) is 0 Å². The average Bonchev–Trinajstić information content (AvgIpc) is 2.70. The van der Waals surface area contributed by atoms with Gasteiger partial charge in [-0.3, -0.25) is 4.79 Å². The molecule has 0 aromatic heterocycles. The van der Waals surface area contributed by atoms with Crippen LogP contribution in [0.3, 0.4) is 0 Å². The number of amides is 1. The quantitative estimate of drug-likeness (QED) is 0.687. The Bertz CT molecular complexity index is 1020. The van der Waals surface area contributed by atoms with E-state index < -0.39 is 27.1 Å². The molecule has 0 radical (unpaired) electrons. The smallest absolute Gasteiger partial charge is 0.224 e. The number of carbonyl (C=O) groups excluding carboxylic acids is 1. The molecule has 1 heterocycles. The molecule has 2 aromatic rings. The highest BCUT2D eigenvalue weighted by atomic mass is 32.2. The first-order chi connectivity index (χ1) is 14.2. The fraction of sp³-hybridized carbons (Fsp3) is 0.381. The van der Waals surface area contributed by atoms with E-state index in [9.17, 15) is 22.0 Å². The van der Waals surface area contributed by atoms with Crippen LogP contribution in [0.15, 0.2) is 47.4 Å². The highest BCUT2D eigenvalue weighted by Crippen LogP contribution is 2.21. The van der Waals surface area contributed by atoms with Gasteiger partial charge in [0.1, 0.15) is 5.60 Å². The molecule has 162 valence electrons. The van der Waals surface area contributed by atoms with Crippen LogP contribution >= 0.6 is 0 Å². The maximum Gasteiger partial charge on any atom is 0.224 e. The van der Waals surface area contributed by atoms with Crippen molar-refractivity contribution >= 4 is 15.7 Å². The maximum atomic E-state index is 13.6. The van der Waals surface area contributed by atoms with Gasteiger partial charge in [0.15, 0.2) is 21.5 Å². The van der Waals surface area contributed by atoms with Crippen molar-refractivity contribution in [3.05, 3.63) is 65.2 Å². The second-order valence-corrected chi connectivity index (χ2v) is 9.52. The van der Waals surface area contributed by atoms with Crippen molar-refractivity contribution in [3.63, 3.8) is 0 Å². The molecule has 1 saturated heterocycles. The predicted molar refractivity (Wildman–Crippen MR) is 108 cm³/mol. The highest BCUT2D eigenvalue weighted by Gasteiger charge is 2.34. The zero-order chi connectivity index (χ0) is 21.8. The Labute approximate surface area is 174 Å². The van der Waals surface area contributed by atoms with Gasteiger partial charge in [0.05, 0.1) is 17.9 Å². The Balaban J connectivity index is 1.67. The molecular formula is C21H24F2N2O4S. The van der Waals surface area contributed by atoms with Crippen LogP contribution in [0.5, 0.6) is 0 Å². The van der Waals surface area contributed by atoms with Crippen molar-refractivity contribution in [2.75, 3.05) is 32.5 Å². The summed E-state index contributed by atoms with van der Waals surface area (Å²) in [4.78, 5) is 12.6. The number of carbonyl (C=O) groups is 1. The molecular weight excluding hydrogens is 414 g/mol. The minimum absolute atomic E-state index is 0.0119. The molecule has 1 aliphatic rings. The van der Waals surface area contributed by atoms with Crippen molar-refractivity contribution in [1.82, 2.24) is 10.6 Å². The summed E-state index contributed by atoms with van der Waals surface area (Å²) in [5.41, 5.74) is 0.341. The number of sulfone groups is 1. The number of morpholine rings is 1. The minimum Gasteiger partial charge on any atom is -0.370 e. The third-order valence-corrected chi connectivity index (χ3v) is 6.05. The summed E-state index contributed by atoms with van der Waals surface area (Å²) >= 11 is 0. The van der Waals surface area contributed by atoms with Crippen LogP contribution in [-0.2, 0) is 32.2 Å². The topological polar surface area (TPSA) is 84.5 Å². The number of rotatable bonds is 7. The summed E-state index contributed by atoms with van der Waals surface area (Å²) in [6.45, 7) is 1.70. The van der Waals surface area contributed by atoms with Crippen molar-refractivity contribution in [2.24, 2.45) is 0 Å². The summed E-state index contributed by atoms with van der Waals surface area (Å²) < 4.78 is 56.1. The molecule has 2 aromatic carbocycles. The first-order valence-corrected chi connectivity index (χ1v) is 11.4. The van der Waals surface area contributed by atoms with Gasteiger partial charge in [-0.1, -0.05) is 18.2 Å². The van der Waals surface area contributed by atoms with Gasteiger partial charge in [-0.05, 0) is 35.4 Å². The van der Waals surface area contributed by atoms with Gasteiger partial charge >= 0.3 is 0 Å². The van der Waals surface area contributed by atoms with E-state index in [1.54, 1.807) is 12.1 Å². The minimum atomic E-state index is -3.36. The average molecular weight is 438 g/mol. The zero-order valence-electron chi connectivity index (χ0n) is 16.6. The number of halogens is 2. The van der Waals surface area contributed by atoms with E-state index in [0.29, 0.717) is 37.2 Å². The van der Waals surface area contributed by atoms with Crippen LogP contribution in [0.4, 0.5) is 8.78 Å². The molecule has 6 nitrogen and oxygen atoms in total. The molecule has 0 spiro atoms. The molecule has 30 heavy (non-hydrogen) atoms. The van der Waals surface area contributed by atoms with E-state index in [2.05, 4.69) is 10.6 Å². The van der Waals surface area contributed by atoms with Crippen LogP contribution in [0, 0.1) is 11.6 Å². The summed E-state index contributed by atoms with van der Waals surface area (Å²) in [7, 11) is -3.36. The molecule has 0 aliphatic carbocycles. The van der Waals surface area contributed by atoms with Gasteiger partial charge in [-0.2, -0.15) is 0 Å². The predicted octanol–water partition coefficient (Wildman–Crippen LogP) is 1.63. The molecule has 1 unspecified atom stereocenters. The van der Waals surface area contributed by atoms with Gasteiger partial charge in [0.25, 0.3) is 0 Å². The van der Waals surface area contributed by atoms with Crippen molar-refractivity contribution in [2.45, 2.75) is 23.3 Å². The fourth-order valence-corrected chi connectivity index (χ4v) is 4.10. The number of hydrogen-bond donors (Lipinski definition) is 2. The van der Waals surface area contributed by atoms with Crippen LogP contribution in [0.25, 0.3) is 0 Å². The van der Waals surface area contributed by atoms with Gasteiger partial charge in [-0.15, -0.1) is 0 Å². The van der Waals surface area contributed by atoms with E-state index in [-0.39, 0.29) is 23.8 Å². The van der Waals surface area contributed by atoms with Gasteiger partial charge < -0.3 is 15.4 Å². The van der Waals surface area contributed by atoms with Crippen molar-refractivity contribution < 1.29 is 26.7 Å². The van der Waals surface area contributed by atoms with E-state index in [0.717, 1.165) is 18.4 Å². The Kier molecular flexibility index (Phi) is 6.84. The molecule has 9 heteroatoms. The lowest BCUT2D eigenvalue weighted by atomic mass is 9.92. The Hall–Kier alpha value is -2.36. The molecule has 1 atom stereocenters. The Morgan fingerprint density at radius 2 is 1.97 bits per heavy atom. The number of nitrogens with one attached hydrogen (secondary N) is 2. The Morgan fingerprint density at radius 3 is 2.63 bits per heavy atom. The van der Waals surface area contributed by atoms with E-state index in [4.69, 9.17) is 4.74 Å². The fourth-order valence-electron chi connectivity index (χ4n) is 3.41. The lowest BCUT2D eigenvalue weighted by molar-refractivity contribution is -0.123. The summed E-state index contributed by atoms with van der Waals surface area (Å²) in [6, 6.07) is 9.94. The van der Waals surface area contributed by atoms with E-state index in [1.165, 1.54) is 18.2 Å². The van der Waals surface area contributed by atoms with E-state index >= 15 is 0 Å². The normalized spacial score (nSPS) is 19.4. The summed E-state index contributed by atoms with van der Waals surface area (Å²) in [5, 5.41) is 6.03. The standard InChI is InChI=1S/C21H24F2N2O4S/c1-30(27,28)17-4-2-3-15(9-17)11-20(26)25-14-21(13-24-7-8-29-21)12-16-5-6-18(22)19(23)10-16/h2-6,9-10,24H,7-8,11-14H2,1H3,(H,25,26). The molecule has 3 rings (SSSR count). The molecule has 0 bridgehead atoms. The summed E-state index contributed by atoms with van der Waals surface area (Å²) in [5.74, 6) is -2.14. The molecule has 1 amide bonds. The number of benzene rings is 2. The lowest BCUT2D eigenvalue weighted by Crippen LogP contribution is -2.57. The third kappa shape index (κ3) is 5.84. The van der Waals surface area contributed by atoms with Crippen molar-refractivity contribution in [3.8, 4) is 0 Å². The molecule has 0 saturated carbocycles. The maximum absolute atomic E-state index is 13.6. The van der Waals surface area contributed by atoms with Crippen LogP contribution in [0.1, 0.15) is 11.1 Å². The third-order valence-electron chi connectivity index (χ3n) is 4.94. The molecule has 1 aliphatic heterocycles. The number of hydrogen-bond acceptors (Lipinski definition) is 5. The second-order valence-electron chi connectivity index (χ2n) is 7.51. The Morgan fingerprint density at radius 1 is 1.17 bits per heavy atom. The van der Waals surface area contributed by atoms with Crippen LogP contribution in [-0.4, -0.2) is 52.4 Å². The van der Waals surface area contributed by atoms with Gasteiger partial charge in [0.2, 0.25) is 5.91 Å². The monoisotopic (exact) mass is 438 g/mol. The zero-order valence-corrected chi connectivity index (χ0v) is 17.4. The summed E-state index contributed by atoms with van der Waals surface area (Å²) in [6.07, 6.45) is 1.42. The second kappa shape index (κ2) is 9.20. The van der Waals surface area contributed by atoms with Gasteiger partial charge in [0, 0.05) is 32.3 Å². The first-order valence-electron chi connectivity index (χ1n) is 9.51. The molecule has 1 fully saturated rings. The molecule has 2 N–H and O–H groups in total. The first kappa shape index (κ1) is 22.3. The van der Waals surface area contributed by atoms with E-state index in [1.807, 2.05) is 0 Å². The number of ether oxygens (including phenoxy) is 1. The lowest BCUT2D eigenvalue weighted by Gasteiger charge is -2.38.